The van der Waals surface area contributed by atoms with Crippen LogP contribution in [0.3, 0.4) is 0 Å². The summed E-state index contributed by atoms with van der Waals surface area (Å²) >= 11 is 5.94. The molecule has 0 aliphatic carbocycles. The number of piperidine rings is 1. The number of hydrogen-bond acceptors (Lipinski definition) is 4. The Hall–Kier alpha value is -0.860. The molecule has 1 atom stereocenters. The Balaban J connectivity index is 0.00000288. The summed E-state index contributed by atoms with van der Waals surface area (Å²) in [6.45, 7) is 3.09. The highest BCUT2D eigenvalue weighted by Crippen LogP contribution is 2.27. The van der Waals surface area contributed by atoms with Crippen LogP contribution in [0.5, 0.6) is 0 Å². The minimum Gasteiger partial charge on any atom is -0.355 e. The number of nitrogens with zero attached hydrogens (tertiary/aromatic N) is 1. The van der Waals surface area contributed by atoms with E-state index in [9.17, 15) is 13.2 Å². The lowest BCUT2D eigenvalue weighted by atomic mass is 9.99. The molecule has 6 nitrogen and oxygen atoms in total. The van der Waals surface area contributed by atoms with Crippen molar-refractivity contribution in [2.45, 2.75) is 24.7 Å². The van der Waals surface area contributed by atoms with Crippen molar-refractivity contribution >= 4 is 39.9 Å². The molecule has 0 saturated carbocycles. The van der Waals surface area contributed by atoms with E-state index in [0.717, 1.165) is 0 Å². The third-order valence-electron chi connectivity index (χ3n) is 3.97. The molecule has 1 amide bonds. The van der Waals surface area contributed by atoms with Crippen LogP contribution in [-0.2, 0) is 14.8 Å². The first-order valence-electron chi connectivity index (χ1n) is 7.60. The highest BCUT2D eigenvalue weighted by Gasteiger charge is 2.33. The van der Waals surface area contributed by atoms with Crippen LogP contribution in [0.15, 0.2) is 23.1 Å². The molecule has 1 fully saturated rings. The molecule has 1 aliphatic rings. The van der Waals surface area contributed by atoms with Crippen molar-refractivity contribution in [3.8, 4) is 0 Å². The van der Waals surface area contributed by atoms with Crippen molar-refractivity contribution in [1.29, 1.82) is 0 Å². The standard InChI is InChI=1S/C15H22ClN3O3S.ClH/c1-11-4-5-13(16)9-14(11)23(21,22)19-8-2-3-12(10-19)15(20)18-7-6-17;/h4-5,9,12H,2-3,6-8,10,17H2,1H3,(H,18,20);1H. The first-order valence-corrected chi connectivity index (χ1v) is 9.42. The summed E-state index contributed by atoms with van der Waals surface area (Å²) in [6, 6.07) is 4.81. The van der Waals surface area contributed by atoms with E-state index in [0.29, 0.717) is 43.1 Å². The summed E-state index contributed by atoms with van der Waals surface area (Å²) < 4.78 is 27.1. The molecule has 1 unspecified atom stereocenters. The van der Waals surface area contributed by atoms with Crippen molar-refractivity contribution < 1.29 is 13.2 Å². The van der Waals surface area contributed by atoms with Crippen LogP contribution in [0, 0.1) is 12.8 Å². The summed E-state index contributed by atoms with van der Waals surface area (Å²) in [4.78, 5) is 12.3. The molecule has 1 saturated heterocycles. The molecule has 1 heterocycles. The molecule has 1 aliphatic heterocycles. The number of benzene rings is 1. The van der Waals surface area contributed by atoms with Crippen LogP contribution in [-0.4, -0.2) is 44.8 Å². The van der Waals surface area contributed by atoms with E-state index in [2.05, 4.69) is 5.32 Å². The number of nitrogens with two attached hydrogens (primary N) is 1. The summed E-state index contributed by atoms with van der Waals surface area (Å²) in [5.74, 6) is -0.484. The Morgan fingerprint density at radius 3 is 2.83 bits per heavy atom. The van der Waals surface area contributed by atoms with Crippen LogP contribution in [0.4, 0.5) is 0 Å². The van der Waals surface area contributed by atoms with Gasteiger partial charge < -0.3 is 11.1 Å². The maximum atomic E-state index is 12.9. The van der Waals surface area contributed by atoms with Gasteiger partial charge in [0.1, 0.15) is 0 Å². The third kappa shape index (κ3) is 4.83. The molecular weight excluding hydrogens is 373 g/mol. The van der Waals surface area contributed by atoms with Gasteiger partial charge in [-0.2, -0.15) is 4.31 Å². The number of sulfonamides is 1. The maximum Gasteiger partial charge on any atom is 0.243 e. The lowest BCUT2D eigenvalue weighted by molar-refractivity contribution is -0.126. The zero-order chi connectivity index (χ0) is 17.0. The predicted molar refractivity (Wildman–Crippen MR) is 97.0 cm³/mol. The fourth-order valence-electron chi connectivity index (χ4n) is 2.71. The SMILES string of the molecule is Cc1ccc(Cl)cc1S(=O)(=O)N1CCCC(C(=O)NCCN)C1.Cl. The number of hydrogen-bond donors (Lipinski definition) is 2. The second kappa shape index (κ2) is 9.01. The summed E-state index contributed by atoms with van der Waals surface area (Å²) in [5.41, 5.74) is 6.02. The lowest BCUT2D eigenvalue weighted by Gasteiger charge is -2.31. The number of rotatable bonds is 5. The molecule has 9 heteroatoms. The highest BCUT2D eigenvalue weighted by atomic mass is 35.5. The number of nitrogens with one attached hydrogen (secondary N) is 1. The van der Waals surface area contributed by atoms with Gasteiger partial charge in [0, 0.05) is 31.2 Å². The zero-order valence-corrected chi connectivity index (χ0v) is 15.9. The normalized spacial score (nSPS) is 18.7. The first-order chi connectivity index (χ1) is 10.9. The van der Waals surface area contributed by atoms with Gasteiger partial charge in [0.05, 0.1) is 10.8 Å². The molecule has 0 radical (unpaired) electrons. The quantitative estimate of drug-likeness (QED) is 0.790. The van der Waals surface area contributed by atoms with E-state index >= 15 is 0 Å². The van der Waals surface area contributed by atoms with Crippen molar-refractivity contribution in [3.63, 3.8) is 0 Å². The largest absolute Gasteiger partial charge is 0.355 e. The van der Waals surface area contributed by atoms with Crippen molar-refractivity contribution in [2.24, 2.45) is 11.7 Å². The van der Waals surface area contributed by atoms with Gasteiger partial charge in [-0.3, -0.25) is 4.79 Å². The van der Waals surface area contributed by atoms with E-state index in [4.69, 9.17) is 17.3 Å². The number of halogens is 2. The van der Waals surface area contributed by atoms with Gasteiger partial charge in [0.2, 0.25) is 15.9 Å². The average molecular weight is 396 g/mol. The number of aryl methyl sites for hydroxylation is 1. The molecule has 0 bridgehead atoms. The van der Waals surface area contributed by atoms with Crippen LogP contribution < -0.4 is 11.1 Å². The van der Waals surface area contributed by atoms with Gasteiger partial charge in [-0.05, 0) is 37.5 Å². The van der Waals surface area contributed by atoms with Gasteiger partial charge in [-0.15, -0.1) is 12.4 Å². The van der Waals surface area contributed by atoms with Gasteiger partial charge in [0.15, 0.2) is 0 Å². The van der Waals surface area contributed by atoms with Gasteiger partial charge in [-0.1, -0.05) is 17.7 Å². The minimum absolute atomic E-state index is 0. The van der Waals surface area contributed by atoms with Crippen LogP contribution in [0.1, 0.15) is 18.4 Å². The summed E-state index contributed by atoms with van der Waals surface area (Å²) in [5, 5.41) is 3.11. The Morgan fingerprint density at radius 1 is 1.46 bits per heavy atom. The van der Waals surface area contributed by atoms with E-state index in [1.165, 1.54) is 10.4 Å². The van der Waals surface area contributed by atoms with Crippen molar-refractivity contribution in [3.05, 3.63) is 28.8 Å². The number of carbonyl (C=O) groups is 1. The topological polar surface area (TPSA) is 92.5 Å². The molecule has 0 spiro atoms. The predicted octanol–water partition coefficient (Wildman–Crippen LogP) is 1.55. The van der Waals surface area contributed by atoms with Crippen molar-refractivity contribution in [1.82, 2.24) is 9.62 Å². The summed E-state index contributed by atoms with van der Waals surface area (Å²) in [7, 11) is -3.66. The van der Waals surface area contributed by atoms with E-state index in [1.807, 2.05) is 0 Å². The van der Waals surface area contributed by atoms with Gasteiger partial charge >= 0.3 is 0 Å². The highest BCUT2D eigenvalue weighted by molar-refractivity contribution is 7.89. The first kappa shape index (κ1) is 21.2. The summed E-state index contributed by atoms with van der Waals surface area (Å²) in [6.07, 6.45) is 1.33. The Morgan fingerprint density at radius 2 is 2.17 bits per heavy atom. The van der Waals surface area contributed by atoms with E-state index in [1.54, 1.807) is 19.1 Å². The Labute approximate surface area is 154 Å². The molecule has 1 aromatic rings. The number of amides is 1. The van der Waals surface area contributed by atoms with E-state index in [-0.39, 0.29) is 35.7 Å². The molecule has 136 valence electrons. The second-order valence-electron chi connectivity index (χ2n) is 5.69. The fraction of sp³-hybridized carbons (Fsp3) is 0.533. The maximum absolute atomic E-state index is 12.9. The van der Waals surface area contributed by atoms with Crippen molar-refractivity contribution in [2.75, 3.05) is 26.2 Å². The second-order valence-corrected chi connectivity index (χ2v) is 8.03. The fourth-order valence-corrected chi connectivity index (χ4v) is 4.72. The minimum atomic E-state index is -3.66. The average Bonchev–Trinajstić information content (AvgIpc) is 2.54. The molecule has 1 aromatic carbocycles. The smallest absolute Gasteiger partial charge is 0.243 e. The van der Waals surface area contributed by atoms with Crippen LogP contribution in [0.2, 0.25) is 5.02 Å². The third-order valence-corrected chi connectivity index (χ3v) is 6.21. The zero-order valence-electron chi connectivity index (χ0n) is 13.5. The molecular formula is C15H23Cl2N3O3S. The molecule has 0 aromatic heterocycles. The van der Waals surface area contributed by atoms with Gasteiger partial charge in [0.25, 0.3) is 0 Å². The Kier molecular flexibility index (Phi) is 7.95. The van der Waals surface area contributed by atoms with Crippen LogP contribution in [0.25, 0.3) is 0 Å². The van der Waals surface area contributed by atoms with Gasteiger partial charge in [-0.25, -0.2) is 8.42 Å². The van der Waals surface area contributed by atoms with Crippen LogP contribution >= 0.6 is 24.0 Å². The molecule has 24 heavy (non-hydrogen) atoms. The molecule has 3 N–H and O–H groups in total. The number of carbonyl (C=O) groups excluding carboxylic acids is 1. The lowest BCUT2D eigenvalue weighted by Crippen LogP contribution is -2.46. The Bertz CT molecular complexity index is 683. The van der Waals surface area contributed by atoms with E-state index < -0.39 is 10.0 Å². The molecule has 2 rings (SSSR count). The monoisotopic (exact) mass is 395 g/mol.